The van der Waals surface area contributed by atoms with Crippen LogP contribution in [0.1, 0.15) is 12.5 Å². The van der Waals surface area contributed by atoms with Crippen molar-refractivity contribution in [2.75, 3.05) is 29.9 Å². The molecule has 0 aromatic heterocycles. The quantitative estimate of drug-likeness (QED) is 0.517. The number of hydrogen-bond acceptors (Lipinski definition) is 4. The largest absolute Gasteiger partial charge is 0.508 e. The van der Waals surface area contributed by atoms with E-state index in [4.69, 9.17) is 5.73 Å². The molecule has 0 saturated carbocycles. The van der Waals surface area contributed by atoms with Gasteiger partial charge in [0.2, 0.25) is 0 Å². The first-order valence-electron chi connectivity index (χ1n) is 7.79. The topological polar surface area (TPSA) is 73.9 Å². The van der Waals surface area contributed by atoms with Crippen molar-refractivity contribution in [3.63, 3.8) is 0 Å². The standard InChI is InChI=1S/C18H24N4O/c1-2-22(17-7-9-18(23)10-8-17)12-11-21-16-5-3-15(4-6-16)13-20-14-19/h3-10,14,21,23H,2,11-13H2,1H3,(H2,19,20). The van der Waals surface area contributed by atoms with Crippen LogP contribution in [0, 0.1) is 0 Å². The van der Waals surface area contributed by atoms with Gasteiger partial charge in [-0.2, -0.15) is 0 Å². The number of anilines is 2. The molecule has 0 atom stereocenters. The average molecular weight is 312 g/mol. The van der Waals surface area contributed by atoms with Gasteiger partial charge in [0, 0.05) is 31.0 Å². The number of phenolic OH excluding ortho intramolecular Hbond substituents is 1. The summed E-state index contributed by atoms with van der Waals surface area (Å²) in [6.45, 7) is 5.39. The molecule has 0 amide bonds. The summed E-state index contributed by atoms with van der Waals surface area (Å²) in [5.74, 6) is 0.294. The van der Waals surface area contributed by atoms with Crippen LogP contribution < -0.4 is 16.0 Å². The summed E-state index contributed by atoms with van der Waals surface area (Å²) in [5, 5.41) is 12.8. The zero-order valence-electron chi connectivity index (χ0n) is 13.4. The average Bonchev–Trinajstić information content (AvgIpc) is 2.59. The minimum Gasteiger partial charge on any atom is -0.508 e. The number of hydrogen-bond donors (Lipinski definition) is 3. The molecule has 0 aliphatic rings. The molecule has 2 aromatic carbocycles. The minimum absolute atomic E-state index is 0.294. The van der Waals surface area contributed by atoms with E-state index >= 15 is 0 Å². The number of nitrogens with one attached hydrogen (secondary N) is 1. The summed E-state index contributed by atoms with van der Waals surface area (Å²) in [5.41, 5.74) is 8.59. The number of nitrogens with zero attached hydrogens (tertiary/aromatic N) is 2. The molecule has 4 N–H and O–H groups in total. The lowest BCUT2D eigenvalue weighted by Gasteiger charge is -2.23. The van der Waals surface area contributed by atoms with E-state index < -0.39 is 0 Å². The van der Waals surface area contributed by atoms with Crippen LogP contribution in [0.15, 0.2) is 53.5 Å². The van der Waals surface area contributed by atoms with Gasteiger partial charge in [-0.25, -0.2) is 0 Å². The maximum atomic E-state index is 9.37. The highest BCUT2D eigenvalue weighted by atomic mass is 16.3. The van der Waals surface area contributed by atoms with Gasteiger partial charge in [-0.3, -0.25) is 4.99 Å². The Hall–Kier alpha value is -2.69. The van der Waals surface area contributed by atoms with Crippen molar-refractivity contribution < 1.29 is 5.11 Å². The molecule has 122 valence electrons. The van der Waals surface area contributed by atoms with Crippen molar-refractivity contribution >= 4 is 17.7 Å². The lowest BCUT2D eigenvalue weighted by atomic mass is 10.2. The van der Waals surface area contributed by atoms with E-state index in [1.54, 1.807) is 12.1 Å². The molecule has 0 saturated heterocycles. The summed E-state index contributed by atoms with van der Waals surface area (Å²) >= 11 is 0. The zero-order chi connectivity index (χ0) is 16.5. The molecular formula is C18H24N4O. The smallest absolute Gasteiger partial charge is 0.115 e. The van der Waals surface area contributed by atoms with E-state index in [0.29, 0.717) is 12.3 Å². The SMILES string of the molecule is CCN(CCNc1ccc(CN=CN)cc1)c1ccc(O)cc1. The lowest BCUT2D eigenvalue weighted by Crippen LogP contribution is -2.28. The fourth-order valence-corrected chi connectivity index (χ4v) is 2.35. The molecule has 5 heteroatoms. The van der Waals surface area contributed by atoms with Gasteiger partial charge in [-0.1, -0.05) is 12.1 Å². The van der Waals surface area contributed by atoms with Gasteiger partial charge in [0.25, 0.3) is 0 Å². The zero-order valence-corrected chi connectivity index (χ0v) is 13.4. The third-order valence-electron chi connectivity index (χ3n) is 3.64. The Morgan fingerprint density at radius 3 is 2.43 bits per heavy atom. The molecule has 0 aliphatic heterocycles. The fourth-order valence-electron chi connectivity index (χ4n) is 2.35. The van der Waals surface area contributed by atoms with E-state index in [9.17, 15) is 5.11 Å². The van der Waals surface area contributed by atoms with Gasteiger partial charge in [-0.15, -0.1) is 0 Å². The first kappa shape index (κ1) is 16.7. The summed E-state index contributed by atoms with van der Waals surface area (Å²) < 4.78 is 0. The van der Waals surface area contributed by atoms with Crippen LogP contribution in [-0.4, -0.2) is 31.1 Å². The second kappa shape index (κ2) is 8.68. The van der Waals surface area contributed by atoms with Gasteiger partial charge in [0.1, 0.15) is 5.75 Å². The minimum atomic E-state index is 0.294. The van der Waals surface area contributed by atoms with Crippen molar-refractivity contribution in [1.82, 2.24) is 0 Å². The maximum Gasteiger partial charge on any atom is 0.115 e. The number of aliphatic imine (C=N–C) groups is 1. The summed E-state index contributed by atoms with van der Waals surface area (Å²) in [4.78, 5) is 6.28. The summed E-state index contributed by atoms with van der Waals surface area (Å²) in [7, 11) is 0. The maximum absolute atomic E-state index is 9.37. The van der Waals surface area contributed by atoms with Gasteiger partial charge in [-0.05, 0) is 48.9 Å². The Morgan fingerprint density at radius 2 is 1.83 bits per heavy atom. The van der Waals surface area contributed by atoms with Crippen molar-refractivity contribution in [2.45, 2.75) is 13.5 Å². The van der Waals surface area contributed by atoms with Crippen LogP contribution in [0.25, 0.3) is 0 Å². The molecule has 0 heterocycles. The van der Waals surface area contributed by atoms with Crippen molar-refractivity contribution in [3.05, 3.63) is 54.1 Å². The molecule has 2 aromatic rings. The highest BCUT2D eigenvalue weighted by Crippen LogP contribution is 2.18. The van der Waals surface area contributed by atoms with Crippen molar-refractivity contribution in [2.24, 2.45) is 10.7 Å². The second-order valence-electron chi connectivity index (χ2n) is 5.21. The van der Waals surface area contributed by atoms with Gasteiger partial charge in [0.05, 0.1) is 12.9 Å². The Bertz CT molecular complexity index is 608. The third kappa shape index (κ3) is 5.21. The van der Waals surface area contributed by atoms with Crippen LogP contribution in [0.4, 0.5) is 11.4 Å². The molecule has 0 spiro atoms. The predicted octanol–water partition coefficient (Wildman–Crippen LogP) is 2.82. The van der Waals surface area contributed by atoms with Crippen LogP contribution in [0.2, 0.25) is 0 Å². The number of aromatic hydroxyl groups is 1. The molecule has 2 rings (SSSR count). The van der Waals surface area contributed by atoms with Crippen LogP contribution in [0.3, 0.4) is 0 Å². The predicted molar refractivity (Wildman–Crippen MR) is 97.3 cm³/mol. The van der Waals surface area contributed by atoms with Crippen LogP contribution in [-0.2, 0) is 6.54 Å². The molecular weight excluding hydrogens is 288 g/mol. The Kier molecular flexibility index (Phi) is 6.29. The fraction of sp³-hybridized carbons (Fsp3) is 0.278. The molecule has 0 unspecified atom stereocenters. The second-order valence-corrected chi connectivity index (χ2v) is 5.21. The lowest BCUT2D eigenvalue weighted by molar-refractivity contribution is 0.475. The number of benzene rings is 2. The van der Waals surface area contributed by atoms with Crippen LogP contribution >= 0.6 is 0 Å². The first-order chi connectivity index (χ1) is 11.2. The van der Waals surface area contributed by atoms with Crippen LogP contribution in [0.5, 0.6) is 5.75 Å². The molecule has 5 nitrogen and oxygen atoms in total. The van der Waals surface area contributed by atoms with E-state index in [1.807, 2.05) is 24.3 Å². The highest BCUT2D eigenvalue weighted by Gasteiger charge is 2.04. The van der Waals surface area contributed by atoms with E-state index in [-0.39, 0.29) is 0 Å². The van der Waals surface area contributed by atoms with E-state index in [2.05, 4.69) is 34.3 Å². The van der Waals surface area contributed by atoms with Crippen molar-refractivity contribution in [3.8, 4) is 5.75 Å². The third-order valence-corrected chi connectivity index (χ3v) is 3.64. The molecule has 0 bridgehead atoms. The highest BCUT2D eigenvalue weighted by molar-refractivity contribution is 5.52. The normalized spacial score (nSPS) is 10.8. The number of phenols is 1. The monoisotopic (exact) mass is 312 g/mol. The van der Waals surface area contributed by atoms with Crippen molar-refractivity contribution in [1.29, 1.82) is 0 Å². The number of likely N-dealkylation sites (N-methyl/N-ethyl adjacent to an activating group) is 1. The van der Waals surface area contributed by atoms with Gasteiger partial charge in [0.15, 0.2) is 0 Å². The molecule has 0 aliphatic carbocycles. The van der Waals surface area contributed by atoms with E-state index in [1.165, 1.54) is 6.34 Å². The Labute approximate surface area is 137 Å². The molecule has 0 fully saturated rings. The molecule has 23 heavy (non-hydrogen) atoms. The van der Waals surface area contributed by atoms with Gasteiger partial charge < -0.3 is 21.1 Å². The number of rotatable bonds is 8. The number of nitrogens with two attached hydrogens (primary N) is 1. The first-order valence-corrected chi connectivity index (χ1v) is 7.79. The van der Waals surface area contributed by atoms with E-state index in [0.717, 1.165) is 36.6 Å². The van der Waals surface area contributed by atoms with Gasteiger partial charge >= 0.3 is 0 Å². The Balaban J connectivity index is 1.84. The summed E-state index contributed by atoms with van der Waals surface area (Å²) in [6.07, 6.45) is 1.33. The molecule has 0 radical (unpaired) electrons. The summed E-state index contributed by atoms with van der Waals surface area (Å²) in [6, 6.07) is 15.5. The Morgan fingerprint density at radius 1 is 1.13 bits per heavy atom.